The van der Waals surface area contributed by atoms with Crippen LogP contribution in [0, 0.1) is 16.7 Å². The Morgan fingerprint density at radius 1 is 0.333 bits per heavy atom. The molecule has 0 unspecified atom stereocenters. The average molecular weight is 507 g/mol. The molecule has 0 nitrogen and oxygen atoms in total. The van der Waals surface area contributed by atoms with Crippen LogP contribution in [-0.4, -0.2) is 0 Å². The second kappa shape index (κ2) is 24.1. The van der Waals surface area contributed by atoms with E-state index in [2.05, 4.69) is 48.5 Å². The highest BCUT2D eigenvalue weighted by molar-refractivity contribution is 4.64. The zero-order valence-electron chi connectivity index (χ0n) is 27.0. The quantitative estimate of drug-likeness (QED) is 0.102. The molecule has 0 heteroatoms. The molecule has 0 N–H and O–H groups in total. The summed E-state index contributed by atoms with van der Waals surface area (Å²) in [5.74, 6) is 1.03. The largest absolute Gasteiger partial charge is 0.0654 e. The molecule has 0 rings (SSSR count). The van der Waals surface area contributed by atoms with E-state index < -0.39 is 0 Å². The highest BCUT2D eigenvalue weighted by Crippen LogP contribution is 2.26. The first-order valence-electron chi connectivity index (χ1n) is 17.1. The van der Waals surface area contributed by atoms with Crippen molar-refractivity contribution in [3.05, 3.63) is 0 Å². The summed E-state index contributed by atoms with van der Waals surface area (Å²) in [5.41, 5.74) is 1.05. The molecule has 0 radical (unpaired) electrons. The molecule has 0 aromatic carbocycles. The smallest absolute Gasteiger partial charge is 0.0383 e. The molecular weight excluding hydrogens is 432 g/mol. The van der Waals surface area contributed by atoms with Crippen molar-refractivity contribution in [2.45, 2.75) is 215 Å². The molecule has 218 valence electrons. The average Bonchev–Trinajstić information content (AvgIpc) is 2.79. The van der Waals surface area contributed by atoms with E-state index in [1.165, 1.54) is 167 Å². The molecule has 0 spiro atoms. The minimum absolute atomic E-state index is 0.524. The van der Waals surface area contributed by atoms with Gasteiger partial charge in [0.05, 0.1) is 0 Å². The molecule has 0 aromatic rings. The SMILES string of the molecule is CCCCCCCCCC(CCCCCCCCCC(C)(C)C)CCCCCCCCCC(C)(C)C. The first-order valence-corrected chi connectivity index (χ1v) is 17.1. The molecule has 0 saturated carbocycles. The van der Waals surface area contributed by atoms with Gasteiger partial charge in [-0.2, -0.15) is 0 Å². The van der Waals surface area contributed by atoms with Crippen LogP contribution < -0.4 is 0 Å². The van der Waals surface area contributed by atoms with Crippen LogP contribution in [0.3, 0.4) is 0 Å². The molecule has 0 atom stereocenters. The van der Waals surface area contributed by atoms with Crippen molar-refractivity contribution >= 4 is 0 Å². The van der Waals surface area contributed by atoms with E-state index in [-0.39, 0.29) is 0 Å². The molecule has 0 fully saturated rings. The molecule has 0 amide bonds. The van der Waals surface area contributed by atoms with E-state index in [1.807, 2.05) is 0 Å². The van der Waals surface area contributed by atoms with E-state index in [0.29, 0.717) is 10.8 Å². The van der Waals surface area contributed by atoms with Gasteiger partial charge in [-0.3, -0.25) is 0 Å². The zero-order chi connectivity index (χ0) is 27.0. The lowest BCUT2D eigenvalue weighted by Gasteiger charge is -2.18. The summed E-state index contributed by atoms with van der Waals surface area (Å²) in [6, 6.07) is 0. The highest BCUT2D eigenvalue weighted by atomic mass is 14.2. The minimum atomic E-state index is 0.524. The molecule has 36 heavy (non-hydrogen) atoms. The third-order valence-corrected chi connectivity index (χ3v) is 8.29. The van der Waals surface area contributed by atoms with Gasteiger partial charge in [-0.1, -0.05) is 203 Å². The lowest BCUT2D eigenvalue weighted by atomic mass is 9.88. The normalized spacial score (nSPS) is 12.7. The molecule has 0 bridgehead atoms. The topological polar surface area (TPSA) is 0 Å². The first-order chi connectivity index (χ1) is 17.1. The van der Waals surface area contributed by atoms with Crippen LogP contribution in [0.4, 0.5) is 0 Å². The van der Waals surface area contributed by atoms with Gasteiger partial charge in [0, 0.05) is 0 Å². The second-order valence-corrected chi connectivity index (χ2v) is 14.9. The Labute approximate surface area is 232 Å². The van der Waals surface area contributed by atoms with E-state index >= 15 is 0 Å². The van der Waals surface area contributed by atoms with Crippen molar-refractivity contribution in [1.29, 1.82) is 0 Å². The molecule has 0 aliphatic heterocycles. The van der Waals surface area contributed by atoms with Gasteiger partial charge in [-0.25, -0.2) is 0 Å². The lowest BCUT2D eigenvalue weighted by molar-refractivity contribution is 0.352. The zero-order valence-corrected chi connectivity index (χ0v) is 27.0. The molecule has 0 aliphatic carbocycles. The van der Waals surface area contributed by atoms with E-state index in [1.54, 1.807) is 0 Å². The van der Waals surface area contributed by atoms with Gasteiger partial charge in [-0.05, 0) is 29.6 Å². The van der Waals surface area contributed by atoms with E-state index in [0.717, 1.165) is 5.92 Å². The number of hydrogen-bond donors (Lipinski definition) is 0. The van der Waals surface area contributed by atoms with E-state index in [9.17, 15) is 0 Å². The van der Waals surface area contributed by atoms with Gasteiger partial charge >= 0.3 is 0 Å². The second-order valence-electron chi connectivity index (χ2n) is 14.9. The fourth-order valence-electron chi connectivity index (χ4n) is 5.77. The summed E-state index contributed by atoms with van der Waals surface area (Å²) < 4.78 is 0. The van der Waals surface area contributed by atoms with Gasteiger partial charge in [0.25, 0.3) is 0 Å². The Balaban J connectivity index is 3.92. The summed E-state index contributed by atoms with van der Waals surface area (Å²) >= 11 is 0. The number of rotatable bonds is 26. The lowest BCUT2D eigenvalue weighted by Crippen LogP contribution is -2.03. The Kier molecular flexibility index (Phi) is 24.1. The van der Waals surface area contributed by atoms with Crippen LogP contribution in [0.25, 0.3) is 0 Å². The Bertz CT molecular complexity index is 388. The van der Waals surface area contributed by atoms with Gasteiger partial charge in [-0.15, -0.1) is 0 Å². The maximum Gasteiger partial charge on any atom is -0.0383 e. The highest BCUT2D eigenvalue weighted by Gasteiger charge is 2.11. The minimum Gasteiger partial charge on any atom is -0.0654 e. The van der Waals surface area contributed by atoms with Crippen molar-refractivity contribution < 1.29 is 0 Å². The maximum absolute atomic E-state index is 2.38. The van der Waals surface area contributed by atoms with Crippen LogP contribution in [0.1, 0.15) is 215 Å². The van der Waals surface area contributed by atoms with Crippen molar-refractivity contribution in [3.8, 4) is 0 Å². The van der Waals surface area contributed by atoms with Crippen LogP contribution in [0.15, 0.2) is 0 Å². The summed E-state index contributed by atoms with van der Waals surface area (Å²) in [6.45, 7) is 16.6. The fourth-order valence-corrected chi connectivity index (χ4v) is 5.77. The van der Waals surface area contributed by atoms with Crippen LogP contribution >= 0.6 is 0 Å². The number of unbranched alkanes of at least 4 members (excludes halogenated alkanes) is 18. The molecule has 0 aromatic heterocycles. The predicted molar refractivity (Wildman–Crippen MR) is 168 cm³/mol. The van der Waals surface area contributed by atoms with Crippen LogP contribution in [0.2, 0.25) is 0 Å². The third-order valence-electron chi connectivity index (χ3n) is 8.29. The third kappa shape index (κ3) is 30.2. The van der Waals surface area contributed by atoms with Gasteiger partial charge < -0.3 is 0 Å². The summed E-state index contributed by atoms with van der Waals surface area (Å²) in [4.78, 5) is 0. The predicted octanol–water partition coefficient (Wildman–Crippen LogP) is 13.9. The summed E-state index contributed by atoms with van der Waals surface area (Å²) in [7, 11) is 0. The first kappa shape index (κ1) is 36.0. The standard InChI is InChI=1S/C36H74/c1-8-9-10-11-14-19-24-29-34(30-25-20-15-12-17-22-27-32-35(2,3)4)31-26-21-16-13-18-23-28-33-36(5,6)7/h34H,8-33H2,1-7H3. The Morgan fingerprint density at radius 2 is 0.583 bits per heavy atom. The Morgan fingerprint density at radius 3 is 0.861 bits per heavy atom. The van der Waals surface area contributed by atoms with Crippen molar-refractivity contribution in [2.75, 3.05) is 0 Å². The van der Waals surface area contributed by atoms with Crippen LogP contribution in [-0.2, 0) is 0 Å². The van der Waals surface area contributed by atoms with Gasteiger partial charge in [0.15, 0.2) is 0 Å². The molecule has 0 heterocycles. The van der Waals surface area contributed by atoms with Gasteiger partial charge in [0.1, 0.15) is 0 Å². The Hall–Kier alpha value is 0. The van der Waals surface area contributed by atoms with Gasteiger partial charge in [0.2, 0.25) is 0 Å². The summed E-state index contributed by atoms with van der Waals surface area (Å²) in [6.07, 6.45) is 38.2. The monoisotopic (exact) mass is 507 g/mol. The molecule has 0 saturated heterocycles. The van der Waals surface area contributed by atoms with Crippen LogP contribution in [0.5, 0.6) is 0 Å². The molecular formula is C36H74. The maximum atomic E-state index is 2.38. The van der Waals surface area contributed by atoms with Crippen molar-refractivity contribution in [2.24, 2.45) is 16.7 Å². The van der Waals surface area contributed by atoms with Crippen molar-refractivity contribution in [1.82, 2.24) is 0 Å². The number of hydrogen-bond acceptors (Lipinski definition) is 0. The molecule has 0 aliphatic rings. The van der Waals surface area contributed by atoms with E-state index in [4.69, 9.17) is 0 Å². The van der Waals surface area contributed by atoms with Crippen molar-refractivity contribution in [3.63, 3.8) is 0 Å². The fraction of sp³-hybridized carbons (Fsp3) is 1.00. The summed E-state index contributed by atoms with van der Waals surface area (Å²) in [5, 5.41) is 0.